The summed E-state index contributed by atoms with van der Waals surface area (Å²) >= 11 is 1.68. The highest BCUT2D eigenvalue weighted by atomic mass is 32.2. The van der Waals surface area contributed by atoms with Gasteiger partial charge in [0.05, 0.1) is 12.6 Å². The van der Waals surface area contributed by atoms with Gasteiger partial charge in [-0.2, -0.15) is 9.61 Å². The van der Waals surface area contributed by atoms with Crippen LogP contribution in [-0.2, 0) is 11.2 Å². The first-order chi connectivity index (χ1) is 13.1. The number of carboxylic acids is 1. The van der Waals surface area contributed by atoms with Crippen molar-refractivity contribution < 1.29 is 15.0 Å². The van der Waals surface area contributed by atoms with Gasteiger partial charge in [-0.3, -0.25) is 4.79 Å². The molecule has 0 aliphatic carbocycles. The number of hydrogen-bond acceptors (Lipinski definition) is 5. The Morgan fingerprint density at radius 3 is 2.41 bits per heavy atom. The fourth-order valence-electron chi connectivity index (χ4n) is 2.77. The topological polar surface area (TPSA) is 87.7 Å². The molecule has 2 heterocycles. The van der Waals surface area contributed by atoms with Crippen LogP contribution in [0.3, 0.4) is 0 Å². The van der Waals surface area contributed by atoms with E-state index in [2.05, 4.69) is 22.2 Å². The van der Waals surface area contributed by atoms with Gasteiger partial charge < -0.3 is 10.2 Å². The Hall–Kier alpha value is -3.32. The van der Waals surface area contributed by atoms with Gasteiger partial charge in [0.25, 0.3) is 0 Å². The van der Waals surface area contributed by atoms with E-state index >= 15 is 0 Å². The second kappa shape index (κ2) is 7.13. The first-order valence-electron chi connectivity index (χ1n) is 8.21. The van der Waals surface area contributed by atoms with Crippen molar-refractivity contribution in [2.45, 2.75) is 16.2 Å². The Morgan fingerprint density at radius 2 is 1.70 bits per heavy atom. The van der Waals surface area contributed by atoms with Gasteiger partial charge in [-0.1, -0.05) is 42.1 Å². The summed E-state index contributed by atoms with van der Waals surface area (Å²) in [6.45, 7) is 0. The summed E-state index contributed by atoms with van der Waals surface area (Å²) in [6.07, 6.45) is 2.69. The predicted molar refractivity (Wildman–Crippen MR) is 102 cm³/mol. The third-order valence-electron chi connectivity index (χ3n) is 4.06. The zero-order valence-corrected chi connectivity index (χ0v) is 14.9. The molecular weight excluding hydrogens is 362 g/mol. The summed E-state index contributed by atoms with van der Waals surface area (Å²) in [5.74, 6) is -1.24. The molecule has 0 unspecified atom stereocenters. The second-order valence-electron chi connectivity index (χ2n) is 5.91. The molecule has 7 heteroatoms. The van der Waals surface area contributed by atoms with E-state index in [9.17, 15) is 9.90 Å². The zero-order valence-electron chi connectivity index (χ0n) is 14.1. The van der Waals surface area contributed by atoms with Gasteiger partial charge in [0.1, 0.15) is 0 Å². The molecule has 2 aromatic heterocycles. The summed E-state index contributed by atoms with van der Waals surface area (Å²) in [7, 11) is 0. The number of benzene rings is 2. The number of aliphatic carboxylic acids is 1. The number of aromatic nitrogens is 3. The molecule has 0 aliphatic rings. The minimum Gasteiger partial charge on any atom is -0.493 e. The molecule has 6 nitrogen and oxygen atoms in total. The summed E-state index contributed by atoms with van der Waals surface area (Å²) in [5, 5.41) is 23.3. The first-order valence-corrected chi connectivity index (χ1v) is 9.03. The van der Waals surface area contributed by atoms with Crippen LogP contribution >= 0.6 is 11.8 Å². The molecule has 4 rings (SSSR count). The molecule has 0 radical (unpaired) electrons. The number of nitrogens with zero attached hydrogens (tertiary/aromatic N) is 3. The highest BCUT2D eigenvalue weighted by Gasteiger charge is 2.15. The predicted octanol–water partition coefficient (Wildman–Crippen LogP) is 3.88. The first kappa shape index (κ1) is 17.1. The van der Waals surface area contributed by atoms with Gasteiger partial charge >= 0.3 is 5.97 Å². The quantitative estimate of drug-likeness (QED) is 0.549. The van der Waals surface area contributed by atoms with Crippen LogP contribution < -0.4 is 0 Å². The molecule has 27 heavy (non-hydrogen) atoms. The standard InChI is InChI=1S/C20H15N3O3S/c24-18(25)10-14-11-21-19-17(12-22-23(19)20(14)26)13-6-8-16(9-7-13)27-15-4-2-1-3-5-15/h1-9,11-12,26H,10H2,(H,24,25). The third kappa shape index (κ3) is 3.50. The van der Waals surface area contributed by atoms with Crippen LogP contribution in [0.25, 0.3) is 16.8 Å². The van der Waals surface area contributed by atoms with Crippen molar-refractivity contribution in [3.8, 4) is 17.0 Å². The van der Waals surface area contributed by atoms with Gasteiger partial charge in [0.15, 0.2) is 5.65 Å². The number of carboxylic acid groups (broad SMARTS) is 1. The largest absolute Gasteiger partial charge is 0.493 e. The molecule has 0 fully saturated rings. The van der Waals surface area contributed by atoms with Crippen molar-refractivity contribution in [1.82, 2.24) is 14.6 Å². The molecule has 4 aromatic rings. The molecule has 0 amide bonds. The van der Waals surface area contributed by atoms with Crippen molar-refractivity contribution in [3.05, 3.63) is 72.6 Å². The van der Waals surface area contributed by atoms with Gasteiger partial charge in [-0.15, -0.1) is 0 Å². The Bertz CT molecular complexity index is 1110. The lowest BCUT2D eigenvalue weighted by Crippen LogP contribution is -2.04. The van der Waals surface area contributed by atoms with Crippen molar-refractivity contribution in [2.24, 2.45) is 0 Å². The summed E-state index contributed by atoms with van der Waals surface area (Å²) in [6, 6.07) is 18.1. The molecule has 2 N–H and O–H groups in total. The Labute approximate surface area is 159 Å². The highest BCUT2D eigenvalue weighted by Crippen LogP contribution is 2.31. The fourth-order valence-corrected chi connectivity index (χ4v) is 3.61. The molecule has 0 spiro atoms. The molecular formula is C20H15N3O3S. The van der Waals surface area contributed by atoms with Crippen molar-refractivity contribution >= 4 is 23.4 Å². The van der Waals surface area contributed by atoms with E-state index in [1.165, 1.54) is 15.6 Å². The smallest absolute Gasteiger partial charge is 0.308 e. The summed E-state index contributed by atoms with van der Waals surface area (Å²) in [5.41, 5.74) is 2.38. The number of carbonyl (C=O) groups is 1. The van der Waals surface area contributed by atoms with E-state index in [0.29, 0.717) is 5.65 Å². The maximum absolute atomic E-state index is 10.9. The number of fused-ring (bicyclic) bond motifs is 1. The van der Waals surface area contributed by atoms with Crippen LogP contribution in [0.15, 0.2) is 76.8 Å². The molecule has 134 valence electrons. The molecule has 0 aliphatic heterocycles. The van der Waals surface area contributed by atoms with Crippen molar-refractivity contribution in [1.29, 1.82) is 0 Å². The van der Waals surface area contributed by atoms with Crippen LogP contribution in [0.2, 0.25) is 0 Å². The van der Waals surface area contributed by atoms with Gasteiger partial charge in [-0.25, -0.2) is 4.98 Å². The molecule has 0 saturated carbocycles. The highest BCUT2D eigenvalue weighted by molar-refractivity contribution is 7.99. The SMILES string of the molecule is O=C(O)Cc1cnc2c(-c3ccc(Sc4ccccc4)cc3)cnn2c1O. The second-order valence-corrected chi connectivity index (χ2v) is 7.06. The van der Waals surface area contributed by atoms with Crippen molar-refractivity contribution in [2.75, 3.05) is 0 Å². The lowest BCUT2D eigenvalue weighted by atomic mass is 10.1. The molecule has 0 bridgehead atoms. The van der Waals surface area contributed by atoms with E-state index in [4.69, 9.17) is 5.11 Å². The third-order valence-corrected chi connectivity index (χ3v) is 5.08. The maximum atomic E-state index is 10.9. The molecule has 2 aromatic carbocycles. The average Bonchev–Trinajstić information content (AvgIpc) is 3.10. The van der Waals surface area contributed by atoms with Gasteiger partial charge in [0.2, 0.25) is 5.88 Å². The minimum atomic E-state index is -1.04. The van der Waals surface area contributed by atoms with Crippen LogP contribution in [0, 0.1) is 0 Å². The Balaban J connectivity index is 1.64. The average molecular weight is 377 g/mol. The number of hydrogen-bond donors (Lipinski definition) is 2. The van der Waals surface area contributed by atoms with Crippen molar-refractivity contribution in [3.63, 3.8) is 0 Å². The monoisotopic (exact) mass is 377 g/mol. The molecule has 0 saturated heterocycles. The molecule has 0 atom stereocenters. The van der Waals surface area contributed by atoms with E-state index in [-0.39, 0.29) is 17.9 Å². The zero-order chi connectivity index (χ0) is 18.8. The number of rotatable bonds is 5. The van der Waals surface area contributed by atoms with E-state index in [1.54, 1.807) is 18.0 Å². The summed E-state index contributed by atoms with van der Waals surface area (Å²) in [4.78, 5) is 17.4. The Kier molecular flexibility index (Phi) is 4.52. The van der Waals surface area contributed by atoms with Gasteiger partial charge in [0, 0.05) is 27.1 Å². The summed E-state index contributed by atoms with van der Waals surface area (Å²) < 4.78 is 1.26. The van der Waals surface area contributed by atoms with E-state index in [0.717, 1.165) is 16.0 Å². The fraction of sp³-hybridized carbons (Fsp3) is 0.0500. The lowest BCUT2D eigenvalue weighted by molar-refractivity contribution is -0.136. The van der Waals surface area contributed by atoms with E-state index < -0.39 is 5.97 Å². The number of aromatic hydroxyl groups is 1. The Morgan fingerprint density at radius 1 is 1.00 bits per heavy atom. The van der Waals surface area contributed by atoms with Crippen LogP contribution in [-0.4, -0.2) is 30.8 Å². The van der Waals surface area contributed by atoms with Crippen LogP contribution in [0.5, 0.6) is 5.88 Å². The van der Waals surface area contributed by atoms with Crippen LogP contribution in [0.4, 0.5) is 0 Å². The lowest BCUT2D eigenvalue weighted by Gasteiger charge is -2.05. The maximum Gasteiger partial charge on any atom is 0.308 e. The van der Waals surface area contributed by atoms with Gasteiger partial charge in [-0.05, 0) is 29.8 Å². The normalized spacial score (nSPS) is 11.0. The van der Waals surface area contributed by atoms with E-state index in [1.807, 2.05) is 42.5 Å². The van der Waals surface area contributed by atoms with Crippen LogP contribution in [0.1, 0.15) is 5.56 Å². The minimum absolute atomic E-state index is 0.204.